The Morgan fingerprint density at radius 1 is 0.909 bits per heavy atom. The van der Waals surface area contributed by atoms with Crippen molar-refractivity contribution in [2.24, 2.45) is 0 Å². The zero-order valence-electron chi connectivity index (χ0n) is 18.0. The minimum atomic E-state index is -5.00. The lowest BCUT2D eigenvalue weighted by Crippen LogP contribution is -2.40. The van der Waals surface area contributed by atoms with Crippen LogP contribution in [0.3, 0.4) is 0 Å². The molecule has 1 fully saturated rings. The average Bonchev–Trinajstić information content (AvgIpc) is 2.73. The van der Waals surface area contributed by atoms with Crippen LogP contribution in [0.2, 0.25) is 0 Å². The van der Waals surface area contributed by atoms with E-state index >= 15 is 0 Å². The highest BCUT2D eigenvalue weighted by Gasteiger charge is 2.39. The number of benzene rings is 1. The maximum Gasteiger partial charge on any atom is 0.433 e. The number of anilines is 2. The molecule has 180 valence electrons. The molecule has 1 saturated carbocycles. The molecule has 0 radical (unpaired) electrons. The molecule has 0 saturated heterocycles. The first-order chi connectivity index (χ1) is 15.3. The van der Waals surface area contributed by atoms with Gasteiger partial charge < -0.3 is 15.5 Å². The predicted molar refractivity (Wildman–Crippen MR) is 112 cm³/mol. The van der Waals surface area contributed by atoms with Crippen molar-refractivity contribution in [3.8, 4) is 0 Å². The smallest absolute Gasteiger partial charge is 0.382 e. The summed E-state index contributed by atoms with van der Waals surface area (Å²) in [7, 11) is 3.73. The van der Waals surface area contributed by atoms with Gasteiger partial charge in [-0.05, 0) is 56.0 Å². The number of carbonyl (C=O) groups excluding carboxylic acids is 1. The minimum Gasteiger partial charge on any atom is -0.382 e. The van der Waals surface area contributed by atoms with E-state index in [9.17, 15) is 31.1 Å². The zero-order valence-corrected chi connectivity index (χ0v) is 18.0. The summed E-state index contributed by atoms with van der Waals surface area (Å²) in [4.78, 5) is 17.2. The van der Waals surface area contributed by atoms with Crippen LogP contribution in [0.5, 0.6) is 0 Å². The average molecular weight is 474 g/mol. The number of nitrogens with one attached hydrogen (secondary N) is 2. The number of halogens is 6. The van der Waals surface area contributed by atoms with Gasteiger partial charge in [0.25, 0.3) is 5.91 Å². The van der Waals surface area contributed by atoms with Gasteiger partial charge in [-0.2, -0.15) is 26.3 Å². The SMILES string of the molecule is CN(C)c1cccc(C(=O)N[C@H]2CC[C@@H](Nc3cc(C(F)(F)F)nc(C(F)(F)F)c3)CC2)c1. The first-order valence-corrected chi connectivity index (χ1v) is 10.3. The second-order valence-corrected chi connectivity index (χ2v) is 8.23. The summed E-state index contributed by atoms with van der Waals surface area (Å²) in [5.74, 6) is -0.228. The fourth-order valence-corrected chi connectivity index (χ4v) is 3.72. The largest absolute Gasteiger partial charge is 0.433 e. The standard InChI is InChI=1S/C22H24F6N4O/c1-32(2)17-5-3-4-13(10-17)20(33)30-15-8-6-14(7-9-15)29-16-11-18(21(23,24)25)31-19(12-16)22(26,27)28/h3-5,10-12,14-15H,6-9H2,1-2H3,(H,29,31)(H,30,33)/t14-,15+. The Labute approximate surface area is 187 Å². The van der Waals surface area contributed by atoms with Crippen LogP contribution in [-0.2, 0) is 12.4 Å². The Morgan fingerprint density at radius 2 is 1.45 bits per heavy atom. The summed E-state index contributed by atoms with van der Waals surface area (Å²) in [6, 6.07) is 7.84. The second kappa shape index (κ2) is 9.48. The first kappa shape index (κ1) is 24.7. The molecule has 0 unspecified atom stereocenters. The van der Waals surface area contributed by atoms with Crippen molar-refractivity contribution in [3.63, 3.8) is 0 Å². The molecular formula is C22H24F6N4O. The Kier molecular flexibility index (Phi) is 7.08. The van der Waals surface area contributed by atoms with Gasteiger partial charge in [0.1, 0.15) is 11.4 Å². The summed E-state index contributed by atoms with van der Waals surface area (Å²) in [6.45, 7) is 0. The third-order valence-corrected chi connectivity index (χ3v) is 5.46. The van der Waals surface area contributed by atoms with E-state index in [0.29, 0.717) is 43.4 Å². The maximum atomic E-state index is 13.0. The van der Waals surface area contributed by atoms with Gasteiger partial charge in [0.05, 0.1) is 0 Å². The van der Waals surface area contributed by atoms with Gasteiger partial charge >= 0.3 is 12.4 Å². The molecule has 1 aliphatic carbocycles. The van der Waals surface area contributed by atoms with Crippen LogP contribution < -0.4 is 15.5 Å². The lowest BCUT2D eigenvalue weighted by atomic mass is 9.90. The molecule has 33 heavy (non-hydrogen) atoms. The maximum absolute atomic E-state index is 13.0. The van der Waals surface area contributed by atoms with Crippen molar-refractivity contribution in [1.82, 2.24) is 10.3 Å². The summed E-state index contributed by atoms with van der Waals surface area (Å²) >= 11 is 0. The van der Waals surface area contributed by atoms with E-state index in [-0.39, 0.29) is 23.7 Å². The van der Waals surface area contributed by atoms with E-state index in [1.54, 1.807) is 18.2 Å². The van der Waals surface area contributed by atoms with Crippen molar-refractivity contribution < 1.29 is 31.1 Å². The molecule has 0 atom stereocenters. The van der Waals surface area contributed by atoms with Gasteiger partial charge in [0, 0.05) is 43.1 Å². The number of pyridine rings is 1. The molecule has 1 aromatic heterocycles. The normalized spacial score (nSPS) is 19.2. The fourth-order valence-electron chi connectivity index (χ4n) is 3.72. The quantitative estimate of drug-likeness (QED) is 0.575. The summed E-state index contributed by atoms with van der Waals surface area (Å²) in [5, 5.41) is 5.72. The van der Waals surface area contributed by atoms with E-state index in [0.717, 1.165) is 5.69 Å². The molecule has 1 heterocycles. The molecule has 1 aromatic carbocycles. The first-order valence-electron chi connectivity index (χ1n) is 10.3. The van der Waals surface area contributed by atoms with Crippen LogP contribution in [0, 0.1) is 0 Å². The molecule has 5 nitrogen and oxygen atoms in total. The van der Waals surface area contributed by atoms with Gasteiger partial charge in [-0.15, -0.1) is 0 Å². The molecule has 2 N–H and O–H groups in total. The predicted octanol–water partition coefficient (Wildman–Crippen LogP) is 5.34. The van der Waals surface area contributed by atoms with Crippen LogP contribution in [0.4, 0.5) is 37.7 Å². The molecule has 0 aliphatic heterocycles. The highest BCUT2D eigenvalue weighted by atomic mass is 19.4. The van der Waals surface area contributed by atoms with E-state index in [4.69, 9.17) is 0 Å². The van der Waals surface area contributed by atoms with E-state index < -0.39 is 23.7 Å². The van der Waals surface area contributed by atoms with Crippen LogP contribution in [0.1, 0.15) is 47.4 Å². The lowest BCUT2D eigenvalue weighted by molar-refractivity contribution is -0.150. The molecule has 1 aliphatic rings. The molecule has 0 bridgehead atoms. The van der Waals surface area contributed by atoms with Crippen molar-refractivity contribution in [2.45, 2.75) is 50.1 Å². The van der Waals surface area contributed by atoms with E-state index in [1.165, 1.54) is 0 Å². The lowest BCUT2D eigenvalue weighted by Gasteiger charge is -2.30. The minimum absolute atomic E-state index is 0.132. The topological polar surface area (TPSA) is 57.3 Å². The van der Waals surface area contributed by atoms with Gasteiger partial charge in [-0.25, -0.2) is 4.98 Å². The van der Waals surface area contributed by atoms with Crippen molar-refractivity contribution in [2.75, 3.05) is 24.3 Å². The zero-order chi connectivity index (χ0) is 24.4. The number of rotatable bonds is 5. The molecule has 11 heteroatoms. The van der Waals surface area contributed by atoms with Gasteiger partial charge in [-0.3, -0.25) is 4.79 Å². The van der Waals surface area contributed by atoms with E-state index in [2.05, 4.69) is 15.6 Å². The van der Waals surface area contributed by atoms with Gasteiger partial charge in [0.2, 0.25) is 0 Å². The van der Waals surface area contributed by atoms with Crippen LogP contribution in [0.15, 0.2) is 36.4 Å². The summed E-state index contributed by atoms with van der Waals surface area (Å²) < 4.78 is 78.0. The molecular weight excluding hydrogens is 450 g/mol. The van der Waals surface area contributed by atoms with Crippen LogP contribution in [-0.4, -0.2) is 37.1 Å². The molecule has 1 amide bonds. The number of hydrogen-bond donors (Lipinski definition) is 2. The highest BCUT2D eigenvalue weighted by molar-refractivity contribution is 5.95. The monoisotopic (exact) mass is 474 g/mol. The summed E-state index contributed by atoms with van der Waals surface area (Å²) in [5.41, 5.74) is -2.08. The number of aromatic nitrogens is 1. The second-order valence-electron chi connectivity index (χ2n) is 8.23. The highest BCUT2D eigenvalue weighted by Crippen LogP contribution is 2.35. The molecule has 3 rings (SSSR count). The van der Waals surface area contributed by atoms with Gasteiger partial charge in [0.15, 0.2) is 0 Å². The summed E-state index contributed by atoms with van der Waals surface area (Å²) in [6.07, 6.45) is -7.95. The van der Waals surface area contributed by atoms with Crippen molar-refractivity contribution in [3.05, 3.63) is 53.3 Å². The number of nitrogens with zero attached hydrogens (tertiary/aromatic N) is 2. The van der Waals surface area contributed by atoms with Crippen molar-refractivity contribution in [1.29, 1.82) is 0 Å². The van der Waals surface area contributed by atoms with Crippen LogP contribution >= 0.6 is 0 Å². The van der Waals surface area contributed by atoms with Gasteiger partial charge in [-0.1, -0.05) is 6.07 Å². The van der Waals surface area contributed by atoms with Crippen LogP contribution in [0.25, 0.3) is 0 Å². The Hall–Kier alpha value is -2.98. The number of alkyl halides is 6. The number of hydrogen-bond acceptors (Lipinski definition) is 4. The molecule has 2 aromatic rings. The Morgan fingerprint density at radius 3 is 1.97 bits per heavy atom. The number of carbonyl (C=O) groups is 1. The van der Waals surface area contributed by atoms with Crippen molar-refractivity contribution >= 4 is 17.3 Å². The molecule has 0 spiro atoms. The third-order valence-electron chi connectivity index (χ3n) is 5.46. The Bertz CT molecular complexity index is 949. The number of amides is 1. The fraction of sp³-hybridized carbons (Fsp3) is 0.455. The van der Waals surface area contributed by atoms with E-state index in [1.807, 2.05) is 25.1 Å². The Balaban J connectivity index is 1.61. The third kappa shape index (κ3) is 6.52.